The lowest BCUT2D eigenvalue weighted by Gasteiger charge is -2.21. The Morgan fingerprint density at radius 2 is 0.550 bits per heavy atom. The van der Waals surface area contributed by atoms with Gasteiger partial charge in [0, 0.05) is 25.7 Å². The fourth-order valence-electron chi connectivity index (χ4n) is 9.24. The number of allylic oxidation sites excluding steroid dienone is 26. The number of hydrogen-bond acceptors (Lipinski definition) is 15. The van der Waals surface area contributed by atoms with Gasteiger partial charge in [0.05, 0.1) is 26.4 Å². The van der Waals surface area contributed by atoms with Crippen molar-refractivity contribution in [3.05, 3.63) is 158 Å². The molecule has 0 bridgehead atoms. The number of phosphoric ester groups is 2. The molecule has 0 aromatic carbocycles. The van der Waals surface area contributed by atoms with E-state index in [2.05, 4.69) is 174 Å². The zero-order valence-electron chi connectivity index (χ0n) is 61.8. The van der Waals surface area contributed by atoms with E-state index in [1.807, 2.05) is 12.2 Å². The van der Waals surface area contributed by atoms with Gasteiger partial charge in [0.2, 0.25) is 0 Å². The van der Waals surface area contributed by atoms with Crippen molar-refractivity contribution in [3.63, 3.8) is 0 Å². The summed E-state index contributed by atoms with van der Waals surface area (Å²) >= 11 is 0. The van der Waals surface area contributed by atoms with Crippen molar-refractivity contribution in [3.8, 4) is 0 Å². The lowest BCUT2D eigenvalue weighted by Crippen LogP contribution is -2.30. The maximum atomic E-state index is 13.1. The lowest BCUT2D eigenvalue weighted by atomic mass is 10.1. The molecule has 0 radical (unpaired) electrons. The summed E-state index contributed by atoms with van der Waals surface area (Å²) < 4.78 is 68.3. The number of phosphoric acid groups is 2. The summed E-state index contributed by atoms with van der Waals surface area (Å²) in [6, 6.07) is 0. The molecule has 0 fully saturated rings. The minimum atomic E-state index is -5.00. The van der Waals surface area contributed by atoms with E-state index in [1.54, 1.807) is 0 Å². The Kier molecular flexibility index (Phi) is 68.2. The van der Waals surface area contributed by atoms with Crippen molar-refractivity contribution in [2.24, 2.45) is 0 Å². The molecule has 0 aliphatic heterocycles. The van der Waals surface area contributed by atoms with Crippen LogP contribution >= 0.6 is 15.6 Å². The zero-order valence-corrected chi connectivity index (χ0v) is 63.6. The number of aliphatic hydroxyl groups is 1. The molecule has 100 heavy (non-hydrogen) atoms. The van der Waals surface area contributed by atoms with Crippen LogP contribution in [-0.2, 0) is 65.4 Å². The van der Waals surface area contributed by atoms with Gasteiger partial charge < -0.3 is 33.8 Å². The Hall–Kier alpha value is -5.32. The molecule has 568 valence electrons. The fourth-order valence-corrected chi connectivity index (χ4v) is 10.8. The predicted molar refractivity (Wildman–Crippen MR) is 408 cm³/mol. The first-order chi connectivity index (χ1) is 48.7. The molecule has 0 saturated heterocycles. The highest BCUT2D eigenvalue weighted by molar-refractivity contribution is 7.47. The topological polar surface area (TPSA) is 237 Å². The summed E-state index contributed by atoms with van der Waals surface area (Å²) in [5.41, 5.74) is 0. The van der Waals surface area contributed by atoms with Crippen molar-refractivity contribution in [2.45, 2.75) is 290 Å². The number of hydrogen-bond donors (Lipinski definition) is 3. The molecule has 0 heterocycles. The molecule has 0 amide bonds. The second kappa shape index (κ2) is 72.0. The van der Waals surface area contributed by atoms with Crippen molar-refractivity contribution < 1.29 is 80.2 Å². The molecule has 5 atom stereocenters. The highest BCUT2D eigenvalue weighted by Crippen LogP contribution is 2.45. The molecule has 17 nitrogen and oxygen atoms in total. The van der Waals surface area contributed by atoms with E-state index in [1.165, 1.54) is 12.8 Å². The third-order valence-corrected chi connectivity index (χ3v) is 16.8. The third kappa shape index (κ3) is 71.1. The van der Waals surface area contributed by atoms with Gasteiger partial charge in [-0.15, -0.1) is 0 Å². The van der Waals surface area contributed by atoms with Crippen molar-refractivity contribution in [2.75, 3.05) is 39.6 Å². The highest BCUT2D eigenvalue weighted by Gasteiger charge is 2.30. The molecule has 0 aliphatic carbocycles. The van der Waals surface area contributed by atoms with Crippen LogP contribution in [-0.4, -0.2) is 96.7 Å². The summed E-state index contributed by atoms with van der Waals surface area (Å²) in [6.07, 6.45) is 82.5. The van der Waals surface area contributed by atoms with E-state index in [0.717, 1.165) is 173 Å². The van der Waals surface area contributed by atoms with E-state index >= 15 is 0 Å². The molecular weight excluding hydrogens is 1310 g/mol. The smallest absolute Gasteiger partial charge is 0.462 e. The van der Waals surface area contributed by atoms with Gasteiger partial charge >= 0.3 is 39.5 Å². The first kappa shape index (κ1) is 94.7. The van der Waals surface area contributed by atoms with Gasteiger partial charge in [-0.3, -0.25) is 37.3 Å². The summed E-state index contributed by atoms with van der Waals surface area (Å²) in [5.74, 6) is -2.32. The summed E-state index contributed by atoms with van der Waals surface area (Å²) in [6.45, 7) is 4.38. The zero-order chi connectivity index (χ0) is 73.2. The Morgan fingerprint density at radius 1 is 0.290 bits per heavy atom. The number of carbonyl (C=O) groups is 4. The summed E-state index contributed by atoms with van der Waals surface area (Å²) in [5, 5.41) is 10.6. The maximum Gasteiger partial charge on any atom is 0.472 e. The van der Waals surface area contributed by atoms with Gasteiger partial charge in [-0.05, 0) is 154 Å². The number of rotatable bonds is 69. The van der Waals surface area contributed by atoms with E-state index in [0.29, 0.717) is 32.1 Å². The molecule has 0 saturated carbocycles. The van der Waals surface area contributed by atoms with Crippen molar-refractivity contribution in [1.82, 2.24) is 0 Å². The number of ether oxygens (including phenoxy) is 4. The molecule has 0 rings (SSSR count). The third-order valence-electron chi connectivity index (χ3n) is 14.9. The quantitative estimate of drug-likeness (QED) is 0.0169. The van der Waals surface area contributed by atoms with Gasteiger partial charge in [0.15, 0.2) is 12.2 Å². The van der Waals surface area contributed by atoms with E-state index < -0.39 is 97.5 Å². The van der Waals surface area contributed by atoms with Crippen LogP contribution < -0.4 is 0 Å². The van der Waals surface area contributed by atoms with Crippen LogP contribution in [0.15, 0.2) is 158 Å². The molecule has 0 spiro atoms. The number of carbonyl (C=O) groups excluding carboxylic acids is 4. The van der Waals surface area contributed by atoms with Crippen molar-refractivity contribution in [1.29, 1.82) is 0 Å². The van der Waals surface area contributed by atoms with Crippen molar-refractivity contribution >= 4 is 39.5 Å². The highest BCUT2D eigenvalue weighted by atomic mass is 31.2. The minimum absolute atomic E-state index is 0.0607. The SMILES string of the molecule is CC/C=C\C/C=C\C/C=C\C/C=C\C/C=C\CCCCCC(=O)OCC(COP(=O)(O)OCC(O)COP(=O)(O)OCC(COC(=O)CCC/C=C\C/C=C\C/C=C\C/C=C\C/C=C\CC)OC(=O)CCCCCCC/C=C\C/C=C\CCC)OC(=O)CCCCCCC/C=C\CCCC. The second-order valence-electron chi connectivity index (χ2n) is 24.5. The van der Waals surface area contributed by atoms with Crippen LogP contribution in [0.4, 0.5) is 0 Å². The van der Waals surface area contributed by atoms with E-state index in [9.17, 15) is 43.2 Å². The Labute approximate surface area is 604 Å². The summed E-state index contributed by atoms with van der Waals surface area (Å²) in [7, 11) is -9.99. The second-order valence-corrected chi connectivity index (χ2v) is 27.4. The Morgan fingerprint density at radius 3 is 0.900 bits per heavy atom. The van der Waals surface area contributed by atoms with Crippen LogP contribution in [0, 0.1) is 0 Å². The largest absolute Gasteiger partial charge is 0.472 e. The van der Waals surface area contributed by atoms with Gasteiger partial charge in [0.25, 0.3) is 0 Å². The Bertz CT molecular complexity index is 2520. The fraction of sp³-hybridized carbons (Fsp3) is 0.630. The first-order valence-electron chi connectivity index (χ1n) is 37.7. The maximum absolute atomic E-state index is 13.1. The lowest BCUT2D eigenvalue weighted by molar-refractivity contribution is -0.161. The van der Waals surface area contributed by atoms with Gasteiger partial charge in [-0.25, -0.2) is 9.13 Å². The molecule has 0 aromatic rings. The normalized spacial score (nSPS) is 14.8. The molecule has 19 heteroatoms. The number of esters is 4. The van der Waals surface area contributed by atoms with Crippen LogP contribution in [0.5, 0.6) is 0 Å². The molecular formula is C81H132O17P2. The van der Waals surface area contributed by atoms with Crippen LogP contribution in [0.25, 0.3) is 0 Å². The van der Waals surface area contributed by atoms with E-state index in [4.69, 9.17) is 37.0 Å². The predicted octanol–water partition coefficient (Wildman–Crippen LogP) is 21.7. The van der Waals surface area contributed by atoms with Crippen LogP contribution in [0.2, 0.25) is 0 Å². The van der Waals surface area contributed by atoms with Crippen LogP contribution in [0.3, 0.4) is 0 Å². The average Bonchev–Trinajstić information content (AvgIpc) is 1.02. The monoisotopic (exact) mass is 1440 g/mol. The molecule has 0 aromatic heterocycles. The number of aliphatic hydroxyl groups excluding tert-OH is 1. The van der Waals surface area contributed by atoms with Gasteiger partial charge in [-0.2, -0.15) is 0 Å². The number of unbranched alkanes of at least 4 members (excludes halogenated alkanes) is 17. The van der Waals surface area contributed by atoms with E-state index in [-0.39, 0.29) is 25.7 Å². The van der Waals surface area contributed by atoms with Crippen LogP contribution in [0.1, 0.15) is 272 Å². The first-order valence-corrected chi connectivity index (χ1v) is 40.7. The van der Waals surface area contributed by atoms with Gasteiger partial charge in [-0.1, -0.05) is 250 Å². The molecule has 5 unspecified atom stereocenters. The Balaban J connectivity index is 5.41. The summed E-state index contributed by atoms with van der Waals surface area (Å²) in [4.78, 5) is 72.8. The molecule has 0 aliphatic rings. The average molecular weight is 1440 g/mol. The standard InChI is InChI=1S/C81H132O17P2/c1-5-9-13-17-21-25-29-32-34-36-37-39-41-44-47-50-54-58-62-66-78(83)91-71-76(97-80(85)67-63-59-55-51-45-28-24-20-16-12-8-4)73-95-99(87,88)93-69-75(82)70-94-100(89,90)96-74-77(98-81(86)68-64-60-56-52-48-42-31-27-23-19-15-11-7-3)72-92-79(84)65-61-57-53-49-46-43-40-38-35-33-30-26-22-18-14-10-6-2/h9-10,13-15,19-22,24-27,31-35,37,39-40,43-44,47,49,53,75-77,82H,5-8,11-12,16-18,23,28-30,36,38,41-42,45-46,48,50-52,54-74H2,1-4H3,(H,87,88)(H,89,90)/b13-9-,14-10-,19-15-,24-20-,25-21-,26-22-,31-27-,34-32-,35-33-,39-37-,43-40-,47-44-,53-49-. The van der Waals surface area contributed by atoms with Gasteiger partial charge in [0.1, 0.15) is 19.3 Å². The molecule has 3 N–H and O–H groups in total. The minimum Gasteiger partial charge on any atom is -0.462 e.